The molecule has 1 aliphatic rings. The van der Waals surface area contributed by atoms with E-state index in [9.17, 15) is 4.79 Å². The van der Waals surface area contributed by atoms with Gasteiger partial charge in [0.05, 0.1) is 6.10 Å². The summed E-state index contributed by atoms with van der Waals surface area (Å²) in [7, 11) is 0. The van der Waals surface area contributed by atoms with E-state index in [1.165, 1.54) is 0 Å². The second-order valence-corrected chi connectivity index (χ2v) is 7.71. The normalized spacial score (nSPS) is 16.9. The van der Waals surface area contributed by atoms with Gasteiger partial charge in [-0.15, -0.1) is 10.2 Å². The van der Waals surface area contributed by atoms with E-state index in [2.05, 4.69) is 29.4 Å². The van der Waals surface area contributed by atoms with Crippen LogP contribution in [0.15, 0.2) is 34.7 Å². The molecule has 0 bridgehead atoms. The summed E-state index contributed by atoms with van der Waals surface area (Å²) in [5, 5.41) is 12.4. The molecule has 1 aromatic carbocycles. The molecule has 2 aromatic heterocycles. The third-order valence-corrected chi connectivity index (χ3v) is 4.93. The van der Waals surface area contributed by atoms with Crippen LogP contribution in [0.4, 0.5) is 0 Å². The van der Waals surface area contributed by atoms with Crippen molar-refractivity contribution in [1.29, 1.82) is 0 Å². The molecule has 148 valence electrons. The van der Waals surface area contributed by atoms with Crippen molar-refractivity contribution in [2.45, 2.75) is 45.8 Å². The summed E-state index contributed by atoms with van der Waals surface area (Å²) in [6.07, 6.45) is 2.91. The molecular weight excluding hydrogens is 356 g/mol. The standard InChI is InChI=1S/C21H26N4O3/c1-14(2)10-20-23-24-21(28-20)18-11-15-6-3-4-8-17(15)25(18)13-19(26)22-12-16-7-5-9-27-16/h3-4,6,8,11,14,16H,5,7,9-10,12-13H2,1-2H3,(H,22,26)/t16-/m0/s1. The average molecular weight is 382 g/mol. The highest BCUT2D eigenvalue weighted by molar-refractivity contribution is 5.88. The molecule has 1 amide bonds. The number of ether oxygens (including phenoxy) is 1. The molecule has 28 heavy (non-hydrogen) atoms. The quantitative estimate of drug-likeness (QED) is 0.679. The fourth-order valence-electron chi connectivity index (χ4n) is 3.58. The summed E-state index contributed by atoms with van der Waals surface area (Å²) in [4.78, 5) is 12.6. The van der Waals surface area contributed by atoms with Crippen LogP contribution in [0.25, 0.3) is 22.5 Å². The molecule has 0 aliphatic carbocycles. The van der Waals surface area contributed by atoms with E-state index in [1.807, 2.05) is 34.9 Å². The molecule has 0 unspecified atom stereocenters. The smallest absolute Gasteiger partial charge is 0.264 e. The van der Waals surface area contributed by atoms with E-state index in [4.69, 9.17) is 9.15 Å². The van der Waals surface area contributed by atoms with Crippen molar-refractivity contribution in [1.82, 2.24) is 20.1 Å². The van der Waals surface area contributed by atoms with E-state index in [-0.39, 0.29) is 18.6 Å². The van der Waals surface area contributed by atoms with Crippen molar-refractivity contribution < 1.29 is 13.9 Å². The van der Waals surface area contributed by atoms with Crippen LogP contribution in [0.2, 0.25) is 0 Å². The summed E-state index contributed by atoms with van der Waals surface area (Å²) in [5.74, 6) is 1.44. The Morgan fingerprint density at radius 3 is 2.96 bits per heavy atom. The Kier molecular flexibility index (Phi) is 5.43. The van der Waals surface area contributed by atoms with E-state index in [0.717, 1.165) is 42.5 Å². The molecule has 0 spiro atoms. The lowest BCUT2D eigenvalue weighted by Gasteiger charge is -2.12. The van der Waals surface area contributed by atoms with Crippen molar-refractivity contribution in [3.8, 4) is 11.6 Å². The number of hydrogen-bond acceptors (Lipinski definition) is 5. The molecule has 7 nitrogen and oxygen atoms in total. The van der Waals surface area contributed by atoms with Gasteiger partial charge in [0.25, 0.3) is 5.89 Å². The zero-order chi connectivity index (χ0) is 19.5. The van der Waals surface area contributed by atoms with Gasteiger partial charge in [-0.3, -0.25) is 4.79 Å². The molecule has 1 atom stereocenters. The van der Waals surface area contributed by atoms with Gasteiger partial charge in [-0.2, -0.15) is 0 Å². The summed E-state index contributed by atoms with van der Waals surface area (Å²) < 4.78 is 13.4. The highest BCUT2D eigenvalue weighted by Crippen LogP contribution is 2.28. The van der Waals surface area contributed by atoms with Crippen LogP contribution in [0.5, 0.6) is 0 Å². The number of amides is 1. The zero-order valence-electron chi connectivity index (χ0n) is 16.4. The minimum Gasteiger partial charge on any atom is -0.419 e. The van der Waals surface area contributed by atoms with Crippen LogP contribution < -0.4 is 5.32 Å². The predicted octanol–water partition coefficient (Wildman–Crippen LogP) is 3.19. The molecule has 0 saturated carbocycles. The van der Waals surface area contributed by atoms with E-state index in [0.29, 0.717) is 24.2 Å². The predicted molar refractivity (Wildman–Crippen MR) is 106 cm³/mol. The lowest BCUT2D eigenvalue weighted by molar-refractivity contribution is -0.122. The Hall–Kier alpha value is -2.67. The first kappa shape index (κ1) is 18.7. The van der Waals surface area contributed by atoms with Crippen LogP contribution in [0.1, 0.15) is 32.6 Å². The topological polar surface area (TPSA) is 82.2 Å². The van der Waals surface area contributed by atoms with Gasteiger partial charge >= 0.3 is 0 Å². The molecule has 1 N–H and O–H groups in total. The number of rotatable bonds is 7. The summed E-state index contributed by atoms with van der Waals surface area (Å²) >= 11 is 0. The second kappa shape index (κ2) is 8.14. The molecule has 3 aromatic rings. The number of carbonyl (C=O) groups is 1. The molecule has 0 radical (unpaired) electrons. The van der Waals surface area contributed by atoms with Gasteiger partial charge < -0.3 is 19.0 Å². The molecule has 1 aliphatic heterocycles. The first-order valence-electron chi connectivity index (χ1n) is 9.89. The monoisotopic (exact) mass is 382 g/mol. The third-order valence-electron chi connectivity index (χ3n) is 4.93. The van der Waals surface area contributed by atoms with Crippen molar-refractivity contribution in [3.63, 3.8) is 0 Å². The van der Waals surface area contributed by atoms with Crippen LogP contribution in [0, 0.1) is 5.92 Å². The van der Waals surface area contributed by atoms with Crippen molar-refractivity contribution in [2.75, 3.05) is 13.2 Å². The first-order valence-corrected chi connectivity index (χ1v) is 9.89. The van der Waals surface area contributed by atoms with Crippen molar-refractivity contribution in [3.05, 3.63) is 36.2 Å². The van der Waals surface area contributed by atoms with Crippen LogP contribution >= 0.6 is 0 Å². The number of aromatic nitrogens is 3. The van der Waals surface area contributed by atoms with Gasteiger partial charge in [-0.05, 0) is 30.9 Å². The zero-order valence-corrected chi connectivity index (χ0v) is 16.4. The summed E-state index contributed by atoms with van der Waals surface area (Å²) in [6.45, 7) is 5.74. The van der Waals surface area contributed by atoms with E-state index < -0.39 is 0 Å². The van der Waals surface area contributed by atoms with Gasteiger partial charge in [-0.25, -0.2) is 0 Å². The highest BCUT2D eigenvalue weighted by Gasteiger charge is 2.20. The van der Waals surface area contributed by atoms with Gasteiger partial charge in [0, 0.05) is 30.5 Å². The number of carbonyl (C=O) groups excluding carboxylic acids is 1. The highest BCUT2D eigenvalue weighted by atomic mass is 16.5. The fourth-order valence-corrected chi connectivity index (χ4v) is 3.58. The average Bonchev–Trinajstić information content (AvgIpc) is 3.40. The van der Waals surface area contributed by atoms with E-state index >= 15 is 0 Å². The van der Waals surface area contributed by atoms with Gasteiger partial charge in [0.15, 0.2) is 0 Å². The third kappa shape index (κ3) is 4.09. The number of benzene rings is 1. The largest absolute Gasteiger partial charge is 0.419 e. The molecular formula is C21H26N4O3. The van der Waals surface area contributed by atoms with Crippen molar-refractivity contribution >= 4 is 16.8 Å². The minimum absolute atomic E-state index is 0.0555. The maximum Gasteiger partial charge on any atom is 0.264 e. The number of nitrogens with one attached hydrogen (secondary N) is 1. The van der Waals surface area contributed by atoms with Crippen LogP contribution in [-0.2, 0) is 22.5 Å². The number of fused-ring (bicyclic) bond motifs is 1. The molecule has 1 fully saturated rings. The van der Waals surface area contributed by atoms with Crippen LogP contribution in [0.3, 0.4) is 0 Å². The number of para-hydroxylation sites is 1. The summed E-state index contributed by atoms with van der Waals surface area (Å²) in [6, 6.07) is 9.95. The fraction of sp³-hybridized carbons (Fsp3) is 0.476. The Morgan fingerprint density at radius 1 is 1.32 bits per heavy atom. The SMILES string of the molecule is CC(C)Cc1nnc(-c2cc3ccccc3n2CC(=O)NC[C@@H]2CCCO2)o1. The molecule has 7 heteroatoms. The van der Waals surface area contributed by atoms with Gasteiger partial charge in [0.1, 0.15) is 12.2 Å². The van der Waals surface area contributed by atoms with Crippen LogP contribution in [-0.4, -0.2) is 39.9 Å². The van der Waals surface area contributed by atoms with Gasteiger partial charge in [0.2, 0.25) is 11.8 Å². The Labute approximate surface area is 164 Å². The van der Waals surface area contributed by atoms with E-state index in [1.54, 1.807) is 0 Å². The molecule has 1 saturated heterocycles. The molecule has 3 heterocycles. The molecule has 4 rings (SSSR count). The number of nitrogens with zero attached hydrogens (tertiary/aromatic N) is 3. The lowest BCUT2D eigenvalue weighted by atomic mass is 10.1. The van der Waals surface area contributed by atoms with Gasteiger partial charge in [-0.1, -0.05) is 32.0 Å². The first-order chi connectivity index (χ1) is 13.6. The Bertz CT molecular complexity index is 954. The summed E-state index contributed by atoms with van der Waals surface area (Å²) in [5.41, 5.74) is 1.73. The van der Waals surface area contributed by atoms with Crippen molar-refractivity contribution in [2.24, 2.45) is 5.92 Å². The minimum atomic E-state index is -0.0555. The number of hydrogen-bond donors (Lipinski definition) is 1. The maximum absolute atomic E-state index is 12.6. The Balaban J connectivity index is 1.58. The maximum atomic E-state index is 12.6. The Morgan fingerprint density at radius 2 is 2.18 bits per heavy atom. The lowest BCUT2D eigenvalue weighted by Crippen LogP contribution is -2.34. The second-order valence-electron chi connectivity index (χ2n) is 7.71.